The molecule has 0 saturated carbocycles. The van der Waals surface area contributed by atoms with Crippen LogP contribution in [0.2, 0.25) is 0 Å². The Morgan fingerprint density at radius 2 is 1.90 bits per heavy atom. The predicted molar refractivity (Wildman–Crippen MR) is 114 cm³/mol. The van der Waals surface area contributed by atoms with Crippen LogP contribution in [0, 0.1) is 11.6 Å². The first-order valence-electron chi connectivity index (χ1n) is 10.3. The molecule has 2 aromatic heterocycles. The minimum absolute atomic E-state index is 0.0948. The summed E-state index contributed by atoms with van der Waals surface area (Å²) in [7, 11) is 1.81. The molecular formula is C24H22F2N4O. The molecule has 158 valence electrons. The minimum Gasteiger partial charge on any atom is -0.343 e. The lowest BCUT2D eigenvalue weighted by atomic mass is 9.99. The molecule has 1 aliphatic heterocycles. The van der Waals surface area contributed by atoms with Gasteiger partial charge in [-0.25, -0.2) is 8.78 Å². The van der Waals surface area contributed by atoms with Crippen LogP contribution in [-0.4, -0.2) is 25.2 Å². The Kier molecular flexibility index (Phi) is 4.61. The van der Waals surface area contributed by atoms with Crippen LogP contribution in [0.15, 0.2) is 48.8 Å². The van der Waals surface area contributed by atoms with Gasteiger partial charge >= 0.3 is 0 Å². The van der Waals surface area contributed by atoms with Crippen molar-refractivity contribution in [3.63, 3.8) is 0 Å². The number of carbonyl (C=O) groups excluding carboxylic acids is 1. The van der Waals surface area contributed by atoms with E-state index in [-0.39, 0.29) is 18.0 Å². The van der Waals surface area contributed by atoms with E-state index in [2.05, 4.69) is 5.10 Å². The van der Waals surface area contributed by atoms with Gasteiger partial charge in [0.05, 0.1) is 12.1 Å². The topological polar surface area (TPSA) is 43.1 Å². The van der Waals surface area contributed by atoms with Crippen LogP contribution in [-0.2, 0) is 26.7 Å². The number of nitrogens with zero attached hydrogens (tertiary/aromatic N) is 4. The maximum absolute atomic E-state index is 15.0. The monoisotopic (exact) mass is 420 g/mol. The molecule has 5 nitrogen and oxygen atoms in total. The highest BCUT2D eigenvalue weighted by Gasteiger charge is 2.32. The third-order valence-corrected chi connectivity index (χ3v) is 5.83. The number of amides is 1. The molecule has 0 N–H and O–H groups in total. The number of aryl methyl sites for hydroxylation is 2. The zero-order chi connectivity index (χ0) is 21.7. The van der Waals surface area contributed by atoms with Crippen LogP contribution in [0.1, 0.15) is 35.0 Å². The van der Waals surface area contributed by atoms with Gasteiger partial charge in [-0.2, -0.15) is 5.10 Å². The van der Waals surface area contributed by atoms with E-state index in [1.54, 1.807) is 4.68 Å². The van der Waals surface area contributed by atoms with E-state index in [1.165, 1.54) is 17.0 Å². The van der Waals surface area contributed by atoms with Crippen LogP contribution in [0.4, 0.5) is 8.78 Å². The van der Waals surface area contributed by atoms with E-state index in [0.717, 1.165) is 29.4 Å². The Balaban J connectivity index is 1.46. The summed E-state index contributed by atoms with van der Waals surface area (Å²) in [5, 5.41) is 5.18. The fourth-order valence-electron chi connectivity index (χ4n) is 4.40. The summed E-state index contributed by atoms with van der Waals surface area (Å²) in [5.74, 6) is -1.50. The van der Waals surface area contributed by atoms with Gasteiger partial charge in [0.15, 0.2) is 0 Å². The van der Waals surface area contributed by atoms with Gasteiger partial charge in [-0.3, -0.25) is 9.48 Å². The molecule has 0 radical (unpaired) electrons. The van der Waals surface area contributed by atoms with Crippen molar-refractivity contribution in [2.24, 2.45) is 7.05 Å². The van der Waals surface area contributed by atoms with Crippen LogP contribution in [0.5, 0.6) is 0 Å². The average Bonchev–Trinajstić information content (AvgIpc) is 3.39. The van der Waals surface area contributed by atoms with Crippen molar-refractivity contribution in [1.82, 2.24) is 19.2 Å². The van der Waals surface area contributed by atoms with E-state index in [1.807, 2.05) is 55.2 Å². The zero-order valence-electron chi connectivity index (χ0n) is 17.4. The third-order valence-electron chi connectivity index (χ3n) is 5.83. The Labute approximate surface area is 178 Å². The lowest BCUT2D eigenvalue weighted by molar-refractivity contribution is 0.0754. The molecule has 0 fully saturated rings. The van der Waals surface area contributed by atoms with Gasteiger partial charge in [-0.15, -0.1) is 0 Å². The van der Waals surface area contributed by atoms with Crippen molar-refractivity contribution in [3.05, 3.63) is 77.2 Å². The number of rotatable bonds is 5. The number of hydrogen-bond donors (Lipinski definition) is 0. The first-order valence-corrected chi connectivity index (χ1v) is 10.3. The highest BCUT2D eigenvalue weighted by molar-refractivity contribution is 5.97. The van der Waals surface area contributed by atoms with Gasteiger partial charge in [0.25, 0.3) is 5.91 Å². The van der Waals surface area contributed by atoms with Crippen LogP contribution in [0.25, 0.3) is 22.0 Å². The Morgan fingerprint density at radius 3 is 2.65 bits per heavy atom. The minimum atomic E-state index is -0.656. The van der Waals surface area contributed by atoms with Crippen molar-refractivity contribution in [3.8, 4) is 11.1 Å². The fourth-order valence-corrected chi connectivity index (χ4v) is 4.40. The highest BCUT2D eigenvalue weighted by Crippen LogP contribution is 2.32. The number of halogens is 2. The second-order valence-corrected chi connectivity index (χ2v) is 8.00. The molecule has 0 spiro atoms. The van der Waals surface area contributed by atoms with E-state index in [4.69, 9.17) is 0 Å². The second kappa shape index (κ2) is 7.34. The molecular weight excluding hydrogens is 398 g/mol. The van der Waals surface area contributed by atoms with Gasteiger partial charge in [-0.05, 0) is 41.8 Å². The van der Waals surface area contributed by atoms with E-state index in [0.29, 0.717) is 23.4 Å². The molecule has 5 rings (SSSR count). The third kappa shape index (κ3) is 3.21. The molecule has 7 heteroatoms. The second-order valence-electron chi connectivity index (χ2n) is 8.00. The molecule has 0 aliphatic carbocycles. The summed E-state index contributed by atoms with van der Waals surface area (Å²) in [6.45, 7) is 3.04. The van der Waals surface area contributed by atoms with E-state index >= 15 is 8.78 Å². The van der Waals surface area contributed by atoms with Crippen LogP contribution < -0.4 is 0 Å². The molecule has 0 atom stereocenters. The fraction of sp³-hybridized carbons (Fsp3) is 0.250. The molecule has 3 heterocycles. The Bertz CT molecular complexity index is 1300. The van der Waals surface area contributed by atoms with Crippen LogP contribution >= 0.6 is 0 Å². The van der Waals surface area contributed by atoms with Crippen molar-refractivity contribution in [2.45, 2.75) is 33.0 Å². The SMILES string of the molecule is CCCn1ccc2c1C(=O)N(Cc1c(F)cc(-c3cccc4nn(C)cc34)cc1F)C2. The Hall–Kier alpha value is -3.48. The molecule has 4 aromatic rings. The summed E-state index contributed by atoms with van der Waals surface area (Å²) in [6, 6.07) is 10.1. The number of aromatic nitrogens is 3. The van der Waals surface area contributed by atoms with Gasteiger partial charge in [0.1, 0.15) is 17.3 Å². The zero-order valence-corrected chi connectivity index (χ0v) is 17.4. The largest absolute Gasteiger partial charge is 0.343 e. The smallest absolute Gasteiger partial charge is 0.271 e. The summed E-state index contributed by atoms with van der Waals surface area (Å²) in [4.78, 5) is 14.4. The summed E-state index contributed by atoms with van der Waals surface area (Å²) in [6.07, 6.45) is 4.64. The standard InChI is InChI=1S/C24H22F2N4O/c1-3-8-29-9-7-15-12-30(24(31)23(15)29)14-19-20(25)10-16(11-21(19)26)17-5-4-6-22-18(17)13-28(2)27-22/h4-7,9-11,13H,3,8,12,14H2,1-2H3. The first-order chi connectivity index (χ1) is 15.0. The summed E-state index contributed by atoms with van der Waals surface area (Å²) >= 11 is 0. The van der Waals surface area contributed by atoms with Gasteiger partial charge in [0.2, 0.25) is 0 Å². The highest BCUT2D eigenvalue weighted by atomic mass is 19.1. The first kappa shape index (κ1) is 19.5. The molecule has 0 saturated heterocycles. The van der Waals surface area contributed by atoms with E-state index < -0.39 is 11.6 Å². The molecule has 0 unspecified atom stereocenters. The maximum Gasteiger partial charge on any atom is 0.271 e. The average molecular weight is 420 g/mol. The van der Waals surface area contributed by atoms with Gasteiger partial charge < -0.3 is 9.47 Å². The maximum atomic E-state index is 15.0. The number of hydrogen-bond acceptors (Lipinski definition) is 2. The van der Waals surface area contributed by atoms with Crippen molar-refractivity contribution in [2.75, 3.05) is 0 Å². The summed E-state index contributed by atoms with van der Waals surface area (Å²) < 4.78 is 33.7. The number of fused-ring (bicyclic) bond motifs is 2. The van der Waals surface area contributed by atoms with Crippen molar-refractivity contribution in [1.29, 1.82) is 0 Å². The summed E-state index contributed by atoms with van der Waals surface area (Å²) in [5.41, 5.74) is 3.36. The van der Waals surface area contributed by atoms with E-state index in [9.17, 15) is 4.79 Å². The predicted octanol–water partition coefficient (Wildman–Crippen LogP) is 4.89. The molecule has 0 bridgehead atoms. The van der Waals surface area contributed by atoms with Crippen molar-refractivity contribution < 1.29 is 13.6 Å². The van der Waals surface area contributed by atoms with Crippen LogP contribution in [0.3, 0.4) is 0 Å². The van der Waals surface area contributed by atoms with Gasteiger partial charge in [-0.1, -0.05) is 19.1 Å². The quantitative estimate of drug-likeness (QED) is 0.462. The lowest BCUT2D eigenvalue weighted by Gasteiger charge is -2.18. The Morgan fingerprint density at radius 1 is 1.13 bits per heavy atom. The normalized spacial score (nSPS) is 13.4. The molecule has 31 heavy (non-hydrogen) atoms. The number of benzene rings is 2. The molecule has 1 amide bonds. The molecule has 1 aliphatic rings. The number of carbonyl (C=O) groups is 1. The van der Waals surface area contributed by atoms with Crippen molar-refractivity contribution >= 4 is 16.8 Å². The van der Waals surface area contributed by atoms with Gasteiger partial charge in [0, 0.05) is 49.0 Å². The molecule has 2 aromatic carbocycles. The lowest BCUT2D eigenvalue weighted by Crippen LogP contribution is -2.26.